The van der Waals surface area contributed by atoms with E-state index in [0.717, 1.165) is 29.8 Å². The highest BCUT2D eigenvalue weighted by atomic mass is 32.2. The van der Waals surface area contributed by atoms with Gasteiger partial charge in [-0.3, -0.25) is 9.59 Å². The molecule has 172 valence electrons. The van der Waals surface area contributed by atoms with E-state index in [0.29, 0.717) is 23.0 Å². The van der Waals surface area contributed by atoms with Gasteiger partial charge in [0.25, 0.3) is 5.91 Å². The van der Waals surface area contributed by atoms with E-state index in [4.69, 9.17) is 0 Å². The van der Waals surface area contributed by atoms with E-state index in [2.05, 4.69) is 26.9 Å². The van der Waals surface area contributed by atoms with Crippen LogP contribution in [0.1, 0.15) is 48.5 Å². The first kappa shape index (κ1) is 23.0. The topological polar surface area (TPSA) is 88.9 Å². The summed E-state index contributed by atoms with van der Waals surface area (Å²) in [6.07, 6.45) is 4.46. The van der Waals surface area contributed by atoms with Crippen molar-refractivity contribution in [3.8, 4) is 11.4 Å². The van der Waals surface area contributed by atoms with E-state index < -0.39 is 0 Å². The molecule has 0 aliphatic heterocycles. The Labute approximate surface area is 198 Å². The van der Waals surface area contributed by atoms with Crippen LogP contribution in [0.15, 0.2) is 53.7 Å². The second kappa shape index (κ2) is 10.7. The first-order valence-electron chi connectivity index (χ1n) is 11.4. The molecule has 1 aromatic heterocycles. The van der Waals surface area contributed by atoms with Gasteiger partial charge >= 0.3 is 0 Å². The number of aryl methyl sites for hydroxylation is 1. The van der Waals surface area contributed by atoms with Crippen LogP contribution in [-0.4, -0.2) is 38.4 Å². The predicted octanol–water partition coefficient (Wildman–Crippen LogP) is 4.68. The summed E-state index contributed by atoms with van der Waals surface area (Å²) in [5.74, 6) is 0.829. The van der Waals surface area contributed by atoms with Gasteiger partial charge in [-0.15, -0.1) is 10.2 Å². The minimum atomic E-state index is -0.133. The summed E-state index contributed by atoms with van der Waals surface area (Å²) in [6.45, 7) is 4.80. The lowest BCUT2D eigenvalue weighted by atomic mass is 10.1. The van der Waals surface area contributed by atoms with Crippen LogP contribution in [0.25, 0.3) is 11.4 Å². The third kappa shape index (κ3) is 5.82. The molecular formula is C25H29N5O2S. The van der Waals surface area contributed by atoms with E-state index in [1.54, 1.807) is 24.3 Å². The molecule has 0 unspecified atom stereocenters. The molecule has 2 N–H and O–H groups in total. The lowest BCUT2D eigenvalue weighted by Gasteiger charge is -2.12. The molecule has 0 spiro atoms. The number of carbonyl (C=O) groups is 2. The largest absolute Gasteiger partial charge is 0.349 e. The second-order valence-electron chi connectivity index (χ2n) is 8.29. The third-order valence-electron chi connectivity index (χ3n) is 5.76. The number of rotatable bonds is 8. The highest BCUT2D eigenvalue weighted by Gasteiger charge is 2.18. The normalized spacial score (nSPS) is 13.8. The van der Waals surface area contributed by atoms with Gasteiger partial charge < -0.3 is 15.2 Å². The fourth-order valence-corrected chi connectivity index (χ4v) is 4.85. The number of amides is 2. The molecule has 0 radical (unpaired) electrons. The Hall–Kier alpha value is -3.13. The van der Waals surface area contributed by atoms with Crippen molar-refractivity contribution in [3.05, 3.63) is 59.7 Å². The fraction of sp³-hybridized carbons (Fsp3) is 0.360. The predicted molar refractivity (Wildman–Crippen MR) is 131 cm³/mol. The summed E-state index contributed by atoms with van der Waals surface area (Å²) < 4.78 is 2.02. The number of nitrogens with one attached hydrogen (secondary N) is 2. The SMILES string of the molecule is CCn1c(SCC(=O)Nc2ccc(C(=O)NC3CCCC3)cc2)nnc1-c1cccc(C)c1. The zero-order valence-corrected chi connectivity index (χ0v) is 19.8. The molecule has 4 rings (SSSR count). The Morgan fingerprint density at radius 3 is 2.55 bits per heavy atom. The molecule has 2 aromatic carbocycles. The average molecular weight is 464 g/mol. The summed E-state index contributed by atoms with van der Waals surface area (Å²) in [6, 6.07) is 15.4. The van der Waals surface area contributed by atoms with Crippen molar-refractivity contribution in [1.82, 2.24) is 20.1 Å². The van der Waals surface area contributed by atoms with Crippen LogP contribution in [0, 0.1) is 6.92 Å². The average Bonchev–Trinajstić information content (AvgIpc) is 3.47. The lowest BCUT2D eigenvalue weighted by molar-refractivity contribution is -0.113. The van der Waals surface area contributed by atoms with Gasteiger partial charge in [-0.25, -0.2) is 0 Å². The van der Waals surface area contributed by atoms with Crippen molar-refractivity contribution in [2.75, 3.05) is 11.1 Å². The Kier molecular flexibility index (Phi) is 7.44. The zero-order valence-electron chi connectivity index (χ0n) is 19.0. The summed E-state index contributed by atoms with van der Waals surface area (Å²) in [7, 11) is 0. The number of carbonyl (C=O) groups excluding carboxylic acids is 2. The van der Waals surface area contributed by atoms with E-state index in [1.807, 2.05) is 36.6 Å². The van der Waals surface area contributed by atoms with Gasteiger partial charge in [0.1, 0.15) is 0 Å². The molecule has 33 heavy (non-hydrogen) atoms. The molecule has 1 heterocycles. The number of aromatic nitrogens is 3. The molecule has 7 nitrogen and oxygen atoms in total. The number of thioether (sulfide) groups is 1. The van der Waals surface area contributed by atoms with Gasteiger partial charge in [0.15, 0.2) is 11.0 Å². The number of nitrogens with zero attached hydrogens (tertiary/aromatic N) is 3. The lowest BCUT2D eigenvalue weighted by Crippen LogP contribution is -2.32. The van der Waals surface area contributed by atoms with E-state index in [1.165, 1.54) is 24.6 Å². The van der Waals surface area contributed by atoms with Gasteiger partial charge in [0.2, 0.25) is 5.91 Å². The minimum Gasteiger partial charge on any atom is -0.349 e. The number of benzene rings is 2. The van der Waals surface area contributed by atoms with Crippen molar-refractivity contribution >= 4 is 29.3 Å². The quantitative estimate of drug-likeness (QED) is 0.474. The van der Waals surface area contributed by atoms with Crippen molar-refractivity contribution in [3.63, 3.8) is 0 Å². The van der Waals surface area contributed by atoms with Crippen molar-refractivity contribution < 1.29 is 9.59 Å². The Morgan fingerprint density at radius 1 is 1.09 bits per heavy atom. The molecule has 2 amide bonds. The van der Waals surface area contributed by atoms with Crippen LogP contribution >= 0.6 is 11.8 Å². The van der Waals surface area contributed by atoms with Crippen LogP contribution in [0.3, 0.4) is 0 Å². The van der Waals surface area contributed by atoms with Crippen molar-refractivity contribution in [2.45, 2.75) is 57.3 Å². The molecule has 1 aliphatic rings. The van der Waals surface area contributed by atoms with Crippen molar-refractivity contribution in [2.24, 2.45) is 0 Å². The summed E-state index contributed by atoms with van der Waals surface area (Å²) >= 11 is 1.36. The first-order chi connectivity index (χ1) is 16.0. The second-order valence-corrected chi connectivity index (χ2v) is 9.23. The van der Waals surface area contributed by atoms with E-state index in [-0.39, 0.29) is 23.6 Å². The maximum Gasteiger partial charge on any atom is 0.251 e. The Balaban J connectivity index is 1.32. The summed E-state index contributed by atoms with van der Waals surface area (Å²) in [5.41, 5.74) is 3.44. The Morgan fingerprint density at radius 2 is 1.85 bits per heavy atom. The van der Waals surface area contributed by atoms with Crippen molar-refractivity contribution in [1.29, 1.82) is 0 Å². The van der Waals surface area contributed by atoms with E-state index >= 15 is 0 Å². The van der Waals surface area contributed by atoms with Crippen LogP contribution in [-0.2, 0) is 11.3 Å². The monoisotopic (exact) mass is 463 g/mol. The Bertz CT molecular complexity index is 1120. The number of anilines is 1. The van der Waals surface area contributed by atoms with Gasteiger partial charge in [0.05, 0.1) is 5.75 Å². The molecule has 3 aromatic rings. The molecule has 1 aliphatic carbocycles. The van der Waals surface area contributed by atoms with Crippen LogP contribution < -0.4 is 10.6 Å². The highest BCUT2D eigenvalue weighted by molar-refractivity contribution is 7.99. The van der Waals surface area contributed by atoms with Crippen LogP contribution in [0.5, 0.6) is 0 Å². The summed E-state index contributed by atoms with van der Waals surface area (Å²) in [4.78, 5) is 24.8. The molecule has 0 saturated heterocycles. The fourth-order valence-electron chi connectivity index (χ4n) is 4.05. The molecule has 0 bridgehead atoms. The molecule has 1 fully saturated rings. The molecular weight excluding hydrogens is 434 g/mol. The molecule has 1 saturated carbocycles. The van der Waals surface area contributed by atoms with Gasteiger partial charge in [-0.05, 0) is 57.0 Å². The maximum atomic E-state index is 12.5. The smallest absolute Gasteiger partial charge is 0.251 e. The maximum absolute atomic E-state index is 12.5. The first-order valence-corrected chi connectivity index (χ1v) is 12.4. The summed E-state index contributed by atoms with van der Waals surface area (Å²) in [5, 5.41) is 15.3. The number of hydrogen-bond acceptors (Lipinski definition) is 5. The number of hydrogen-bond donors (Lipinski definition) is 2. The third-order valence-corrected chi connectivity index (χ3v) is 6.73. The van der Waals surface area contributed by atoms with Crippen LogP contribution in [0.2, 0.25) is 0 Å². The minimum absolute atomic E-state index is 0.0568. The van der Waals surface area contributed by atoms with Gasteiger partial charge in [-0.2, -0.15) is 0 Å². The molecule has 8 heteroatoms. The van der Waals surface area contributed by atoms with Gasteiger partial charge in [0, 0.05) is 29.4 Å². The van der Waals surface area contributed by atoms with Crippen LogP contribution in [0.4, 0.5) is 5.69 Å². The standard InChI is InChI=1S/C25H29N5O2S/c1-3-30-23(19-8-6-7-17(2)15-19)28-29-25(30)33-16-22(31)26-21-13-11-18(12-14-21)24(32)27-20-9-4-5-10-20/h6-8,11-15,20H,3-5,9-10,16H2,1-2H3,(H,26,31)(H,27,32). The van der Waals surface area contributed by atoms with E-state index in [9.17, 15) is 9.59 Å². The molecule has 0 atom stereocenters. The highest BCUT2D eigenvalue weighted by Crippen LogP contribution is 2.25. The zero-order chi connectivity index (χ0) is 23.2. The van der Waals surface area contributed by atoms with Gasteiger partial charge in [-0.1, -0.05) is 48.4 Å².